The Hall–Kier alpha value is -3.26. The van der Waals surface area contributed by atoms with Gasteiger partial charge >= 0.3 is 0 Å². The lowest BCUT2D eigenvalue weighted by Crippen LogP contribution is -2.65. The van der Waals surface area contributed by atoms with Crippen molar-refractivity contribution in [3.63, 3.8) is 0 Å². The zero-order valence-corrected chi connectivity index (χ0v) is 21.1. The minimum absolute atomic E-state index is 0.221. The summed E-state index contributed by atoms with van der Waals surface area (Å²) in [6.07, 6.45) is 10.6. The van der Waals surface area contributed by atoms with E-state index in [1.54, 1.807) is 24.7 Å². The third kappa shape index (κ3) is 4.21. The van der Waals surface area contributed by atoms with Gasteiger partial charge < -0.3 is 19.7 Å². The zero-order chi connectivity index (χ0) is 25.0. The standard InChI is InChI=1S/C29H32FN5O2/c1-18-8-19(9-18)22-10-20(30)2-3-25(22)37-27-14-32-17-34-28(27)35-15-29(16-35)11-21(12-29)36-26-5-7-33-24-4-6-31-13-23(24)26/h2-3,5,7,10,14,17-19,21,31H,4,6,8-9,11-13,15-16H2,1H3. The van der Waals surface area contributed by atoms with E-state index in [1.165, 1.54) is 11.6 Å². The summed E-state index contributed by atoms with van der Waals surface area (Å²) in [6.45, 7) is 5.88. The average Bonchev–Trinajstić information content (AvgIpc) is 2.84. The van der Waals surface area contributed by atoms with Gasteiger partial charge in [-0.15, -0.1) is 0 Å². The number of rotatable bonds is 6. The fourth-order valence-corrected chi connectivity index (χ4v) is 6.62. The molecule has 0 atom stereocenters. The number of anilines is 1. The van der Waals surface area contributed by atoms with E-state index in [0.29, 0.717) is 23.3 Å². The highest BCUT2D eigenvalue weighted by atomic mass is 19.1. The first-order valence-corrected chi connectivity index (χ1v) is 13.4. The van der Waals surface area contributed by atoms with Gasteiger partial charge in [0, 0.05) is 61.0 Å². The van der Waals surface area contributed by atoms with E-state index in [9.17, 15) is 4.39 Å². The monoisotopic (exact) mass is 501 g/mol. The van der Waals surface area contributed by atoms with Crippen LogP contribution in [0.25, 0.3) is 0 Å². The van der Waals surface area contributed by atoms with E-state index in [-0.39, 0.29) is 17.3 Å². The van der Waals surface area contributed by atoms with Crippen LogP contribution in [0.3, 0.4) is 0 Å². The second kappa shape index (κ2) is 8.94. The lowest BCUT2D eigenvalue weighted by Gasteiger charge is -2.59. The summed E-state index contributed by atoms with van der Waals surface area (Å²) < 4.78 is 26.8. The Bertz CT molecular complexity index is 1310. The first-order chi connectivity index (χ1) is 18.1. The molecule has 7 nitrogen and oxygen atoms in total. The molecule has 37 heavy (non-hydrogen) atoms. The Labute approximate surface area is 216 Å². The largest absolute Gasteiger partial charge is 0.490 e. The van der Waals surface area contributed by atoms with Crippen LogP contribution in [-0.4, -0.2) is 40.7 Å². The molecule has 192 valence electrons. The van der Waals surface area contributed by atoms with E-state index < -0.39 is 0 Å². The van der Waals surface area contributed by atoms with Gasteiger partial charge in [-0.3, -0.25) is 4.98 Å². The quantitative estimate of drug-likeness (QED) is 0.509. The maximum Gasteiger partial charge on any atom is 0.188 e. The molecule has 2 aliphatic carbocycles. The molecule has 4 aliphatic rings. The molecule has 1 aromatic carbocycles. The predicted molar refractivity (Wildman–Crippen MR) is 138 cm³/mol. The number of benzene rings is 1. The van der Waals surface area contributed by atoms with Crippen LogP contribution < -0.4 is 19.7 Å². The minimum Gasteiger partial charge on any atom is -0.490 e. The highest BCUT2D eigenvalue weighted by Gasteiger charge is 2.54. The highest BCUT2D eigenvalue weighted by Crippen LogP contribution is 2.52. The van der Waals surface area contributed by atoms with Gasteiger partial charge in [0.25, 0.3) is 0 Å². The van der Waals surface area contributed by atoms with Crippen LogP contribution in [0.4, 0.5) is 10.2 Å². The lowest BCUT2D eigenvalue weighted by atomic mass is 9.61. The maximum absolute atomic E-state index is 14.1. The van der Waals surface area contributed by atoms with Gasteiger partial charge in [-0.05, 0) is 61.8 Å². The molecular weight excluding hydrogens is 469 g/mol. The molecule has 0 bridgehead atoms. The van der Waals surface area contributed by atoms with Crippen LogP contribution in [-0.2, 0) is 13.0 Å². The number of hydrogen-bond donors (Lipinski definition) is 1. The van der Waals surface area contributed by atoms with Crippen molar-refractivity contribution in [1.29, 1.82) is 0 Å². The number of hydrogen-bond acceptors (Lipinski definition) is 7. The summed E-state index contributed by atoms with van der Waals surface area (Å²) in [7, 11) is 0. The summed E-state index contributed by atoms with van der Waals surface area (Å²) in [5, 5.41) is 3.43. The highest BCUT2D eigenvalue weighted by molar-refractivity contribution is 5.56. The average molecular weight is 502 g/mol. The molecule has 0 unspecified atom stereocenters. The van der Waals surface area contributed by atoms with Gasteiger partial charge in [-0.25, -0.2) is 14.4 Å². The molecule has 0 amide bonds. The molecular formula is C29H32FN5O2. The fraction of sp³-hybridized carbons (Fsp3) is 0.483. The molecule has 1 spiro atoms. The number of pyridine rings is 1. The van der Waals surface area contributed by atoms with E-state index in [4.69, 9.17) is 9.47 Å². The molecule has 1 N–H and O–H groups in total. The normalized spacial score (nSPS) is 24.0. The van der Waals surface area contributed by atoms with E-state index in [2.05, 4.69) is 32.1 Å². The summed E-state index contributed by atoms with van der Waals surface area (Å²) in [5.41, 5.74) is 3.58. The van der Waals surface area contributed by atoms with Gasteiger partial charge in [-0.2, -0.15) is 0 Å². The van der Waals surface area contributed by atoms with E-state index in [0.717, 1.165) is 81.1 Å². The topological polar surface area (TPSA) is 72.4 Å². The number of nitrogens with zero attached hydrogens (tertiary/aromatic N) is 4. The second-order valence-corrected chi connectivity index (χ2v) is 11.4. The number of aromatic nitrogens is 3. The first kappa shape index (κ1) is 22.9. The summed E-state index contributed by atoms with van der Waals surface area (Å²) in [5.74, 6) is 3.91. The van der Waals surface area contributed by atoms with Gasteiger partial charge in [0.05, 0.1) is 6.20 Å². The van der Waals surface area contributed by atoms with Gasteiger partial charge in [-0.1, -0.05) is 6.92 Å². The van der Waals surface area contributed by atoms with Crippen molar-refractivity contribution in [2.45, 2.75) is 57.6 Å². The van der Waals surface area contributed by atoms with Crippen LogP contribution in [0.5, 0.6) is 17.2 Å². The van der Waals surface area contributed by atoms with Crippen LogP contribution in [0, 0.1) is 17.2 Å². The maximum atomic E-state index is 14.1. The summed E-state index contributed by atoms with van der Waals surface area (Å²) in [6, 6.07) is 6.83. The molecule has 3 fully saturated rings. The Morgan fingerprint density at radius 2 is 1.95 bits per heavy atom. The van der Waals surface area contributed by atoms with Crippen molar-refractivity contribution in [2.75, 3.05) is 24.5 Å². The Kier molecular flexibility index (Phi) is 5.53. The Morgan fingerprint density at radius 1 is 1.08 bits per heavy atom. The molecule has 7 rings (SSSR count). The van der Waals surface area contributed by atoms with Crippen LogP contribution in [0.1, 0.15) is 55.3 Å². The van der Waals surface area contributed by atoms with Crippen molar-refractivity contribution in [3.8, 4) is 17.2 Å². The molecule has 2 aliphatic heterocycles. The molecule has 2 saturated carbocycles. The molecule has 8 heteroatoms. The third-order valence-corrected chi connectivity index (χ3v) is 8.57. The number of nitrogens with one attached hydrogen (secondary N) is 1. The Morgan fingerprint density at radius 3 is 2.78 bits per heavy atom. The van der Waals surface area contributed by atoms with E-state index in [1.807, 2.05) is 12.3 Å². The molecule has 0 radical (unpaired) electrons. The third-order valence-electron chi connectivity index (χ3n) is 8.57. The Balaban J connectivity index is 1.01. The number of halogens is 1. The first-order valence-electron chi connectivity index (χ1n) is 13.4. The second-order valence-electron chi connectivity index (χ2n) is 11.4. The van der Waals surface area contributed by atoms with Crippen LogP contribution >= 0.6 is 0 Å². The summed E-state index contributed by atoms with van der Waals surface area (Å²) >= 11 is 0. The zero-order valence-electron chi connectivity index (χ0n) is 21.1. The van der Waals surface area contributed by atoms with Gasteiger partial charge in [0.15, 0.2) is 11.6 Å². The van der Waals surface area contributed by atoms with Gasteiger partial charge in [0.2, 0.25) is 0 Å². The van der Waals surface area contributed by atoms with Crippen molar-refractivity contribution >= 4 is 5.82 Å². The summed E-state index contributed by atoms with van der Waals surface area (Å²) in [4.78, 5) is 15.6. The number of ether oxygens (including phenoxy) is 2. The molecule has 1 saturated heterocycles. The molecule has 2 aromatic heterocycles. The molecule has 3 aromatic rings. The number of fused-ring (bicyclic) bond motifs is 1. The van der Waals surface area contributed by atoms with Crippen LogP contribution in [0.2, 0.25) is 0 Å². The fourth-order valence-electron chi connectivity index (χ4n) is 6.62. The van der Waals surface area contributed by atoms with E-state index >= 15 is 0 Å². The van der Waals surface area contributed by atoms with Crippen molar-refractivity contribution in [3.05, 3.63) is 65.6 Å². The lowest BCUT2D eigenvalue weighted by molar-refractivity contribution is -0.0349. The van der Waals surface area contributed by atoms with Gasteiger partial charge in [0.1, 0.15) is 29.7 Å². The SMILES string of the molecule is CC1CC(c2cc(F)ccc2Oc2cncnc2N2CC3(CC(Oc4ccnc5c4CNCC5)C3)C2)C1. The smallest absolute Gasteiger partial charge is 0.188 e. The minimum atomic E-state index is -0.221. The predicted octanol–water partition coefficient (Wildman–Crippen LogP) is 5.01. The van der Waals surface area contributed by atoms with Crippen molar-refractivity contribution in [2.24, 2.45) is 11.3 Å². The molecule has 4 heterocycles. The van der Waals surface area contributed by atoms with Crippen molar-refractivity contribution in [1.82, 2.24) is 20.3 Å². The van der Waals surface area contributed by atoms with Crippen molar-refractivity contribution < 1.29 is 13.9 Å². The van der Waals surface area contributed by atoms with Crippen LogP contribution in [0.15, 0.2) is 43.0 Å².